The van der Waals surface area contributed by atoms with Gasteiger partial charge >= 0.3 is 0 Å². The van der Waals surface area contributed by atoms with E-state index < -0.39 is 0 Å². The zero-order valence-electron chi connectivity index (χ0n) is 6.13. The van der Waals surface area contributed by atoms with E-state index >= 15 is 0 Å². The Morgan fingerprint density at radius 1 is 1.67 bits per heavy atom. The van der Waals surface area contributed by atoms with Crippen molar-refractivity contribution in [3.8, 4) is 0 Å². The summed E-state index contributed by atoms with van der Waals surface area (Å²) in [5, 5.41) is 0.569. The Labute approximate surface area is 79.3 Å². The van der Waals surface area contributed by atoms with E-state index in [1.807, 2.05) is 0 Å². The first-order chi connectivity index (χ1) is 5.61. The van der Waals surface area contributed by atoms with Gasteiger partial charge in [0.2, 0.25) is 5.91 Å². The molecule has 66 valence electrons. The van der Waals surface area contributed by atoms with Crippen LogP contribution in [0.5, 0.6) is 0 Å². The monoisotopic (exact) mass is 207 g/mol. The largest absolute Gasteiger partial charge is 0.370 e. The SMILES string of the molecule is NC(=O)CCn1cnc(Cl)c1Cl. The maximum absolute atomic E-state index is 10.4. The summed E-state index contributed by atoms with van der Waals surface area (Å²) in [6.07, 6.45) is 1.69. The van der Waals surface area contributed by atoms with Crippen molar-refractivity contribution in [2.75, 3.05) is 0 Å². The smallest absolute Gasteiger partial charge is 0.219 e. The molecule has 6 heteroatoms. The highest BCUT2D eigenvalue weighted by Crippen LogP contribution is 2.19. The molecule has 0 saturated carbocycles. The van der Waals surface area contributed by atoms with Gasteiger partial charge in [0.25, 0.3) is 0 Å². The molecule has 0 saturated heterocycles. The molecule has 12 heavy (non-hydrogen) atoms. The molecule has 0 spiro atoms. The summed E-state index contributed by atoms with van der Waals surface area (Å²) in [4.78, 5) is 14.1. The van der Waals surface area contributed by atoms with E-state index in [4.69, 9.17) is 28.9 Å². The Hall–Kier alpha value is -0.740. The van der Waals surface area contributed by atoms with Gasteiger partial charge in [0.1, 0.15) is 5.15 Å². The fraction of sp³-hybridized carbons (Fsp3) is 0.333. The number of amides is 1. The van der Waals surface area contributed by atoms with Crippen LogP contribution >= 0.6 is 23.2 Å². The van der Waals surface area contributed by atoms with E-state index in [1.165, 1.54) is 6.33 Å². The maximum atomic E-state index is 10.4. The van der Waals surface area contributed by atoms with Crippen molar-refractivity contribution in [1.82, 2.24) is 9.55 Å². The quantitative estimate of drug-likeness (QED) is 0.807. The van der Waals surface area contributed by atoms with E-state index in [2.05, 4.69) is 4.98 Å². The Morgan fingerprint density at radius 3 is 2.75 bits per heavy atom. The lowest BCUT2D eigenvalue weighted by Crippen LogP contribution is -2.13. The van der Waals surface area contributed by atoms with Crippen LogP contribution in [-0.4, -0.2) is 15.5 Å². The lowest BCUT2D eigenvalue weighted by atomic mass is 10.4. The predicted octanol–water partition coefficient (Wildman–Crippen LogP) is 1.07. The highest BCUT2D eigenvalue weighted by atomic mass is 35.5. The van der Waals surface area contributed by atoms with Crippen LogP contribution < -0.4 is 5.73 Å². The van der Waals surface area contributed by atoms with Gasteiger partial charge in [-0.25, -0.2) is 4.98 Å². The van der Waals surface area contributed by atoms with E-state index in [0.29, 0.717) is 11.7 Å². The van der Waals surface area contributed by atoms with Crippen LogP contribution in [-0.2, 0) is 11.3 Å². The summed E-state index contributed by atoms with van der Waals surface area (Å²) < 4.78 is 1.56. The summed E-state index contributed by atoms with van der Waals surface area (Å²) in [6, 6.07) is 0. The first-order valence-electron chi connectivity index (χ1n) is 3.25. The molecule has 0 aliphatic carbocycles. The number of aromatic nitrogens is 2. The lowest BCUT2D eigenvalue weighted by molar-refractivity contribution is -0.118. The lowest BCUT2D eigenvalue weighted by Gasteiger charge is -1.99. The number of imidazole rings is 1. The Kier molecular flexibility index (Phi) is 2.94. The molecule has 0 fully saturated rings. The third-order valence-corrected chi connectivity index (χ3v) is 2.10. The zero-order chi connectivity index (χ0) is 9.14. The van der Waals surface area contributed by atoms with Gasteiger partial charge in [-0.05, 0) is 0 Å². The fourth-order valence-electron chi connectivity index (χ4n) is 0.729. The van der Waals surface area contributed by atoms with Crippen LogP contribution in [0.1, 0.15) is 6.42 Å². The number of halogens is 2. The molecule has 1 amide bonds. The van der Waals surface area contributed by atoms with Crippen LogP contribution in [0.3, 0.4) is 0 Å². The number of rotatable bonds is 3. The maximum Gasteiger partial charge on any atom is 0.219 e. The molecule has 1 heterocycles. The molecule has 1 aromatic heterocycles. The first-order valence-corrected chi connectivity index (χ1v) is 4.01. The predicted molar refractivity (Wildman–Crippen MR) is 46.1 cm³/mol. The standard InChI is InChI=1S/C6H7Cl2N3O/c7-5-6(8)11(3-10-5)2-1-4(9)12/h3H,1-2H2,(H2,9,12). The topological polar surface area (TPSA) is 60.9 Å². The van der Waals surface area contributed by atoms with E-state index in [9.17, 15) is 4.79 Å². The summed E-state index contributed by atoms with van der Waals surface area (Å²) in [6.45, 7) is 0.411. The van der Waals surface area contributed by atoms with Crippen LogP contribution in [0.2, 0.25) is 10.3 Å². The number of aryl methyl sites for hydroxylation is 1. The molecule has 0 aliphatic heterocycles. The second kappa shape index (κ2) is 3.78. The number of hydrogen-bond acceptors (Lipinski definition) is 2. The van der Waals surface area contributed by atoms with Crippen LogP contribution in [0.4, 0.5) is 0 Å². The molecule has 2 N–H and O–H groups in total. The third-order valence-electron chi connectivity index (χ3n) is 1.33. The van der Waals surface area contributed by atoms with Gasteiger partial charge in [-0.1, -0.05) is 23.2 Å². The van der Waals surface area contributed by atoms with E-state index in [0.717, 1.165) is 0 Å². The minimum atomic E-state index is -0.379. The zero-order valence-corrected chi connectivity index (χ0v) is 7.64. The van der Waals surface area contributed by atoms with Gasteiger partial charge in [0.15, 0.2) is 5.15 Å². The number of hydrogen-bond donors (Lipinski definition) is 1. The van der Waals surface area contributed by atoms with Crippen LogP contribution in [0.15, 0.2) is 6.33 Å². The number of carbonyl (C=O) groups excluding carboxylic acids is 1. The Balaban J connectivity index is 2.63. The second-order valence-corrected chi connectivity index (χ2v) is 2.95. The van der Waals surface area contributed by atoms with Crippen LogP contribution in [0.25, 0.3) is 0 Å². The summed E-state index contributed by atoms with van der Waals surface area (Å²) in [7, 11) is 0. The molecule has 0 aromatic carbocycles. The molecule has 4 nitrogen and oxygen atoms in total. The van der Waals surface area contributed by atoms with Gasteiger partial charge in [-0.2, -0.15) is 0 Å². The first kappa shape index (κ1) is 9.35. The summed E-state index contributed by atoms with van der Waals surface area (Å²) in [5.74, 6) is -0.379. The molecule has 1 aromatic rings. The second-order valence-electron chi connectivity index (χ2n) is 2.24. The van der Waals surface area contributed by atoms with Crippen molar-refractivity contribution in [3.05, 3.63) is 16.6 Å². The number of nitrogens with zero attached hydrogens (tertiary/aromatic N) is 2. The Bertz CT molecular complexity index is 297. The highest BCUT2D eigenvalue weighted by molar-refractivity contribution is 6.40. The molecule has 0 aliphatic rings. The van der Waals surface area contributed by atoms with E-state index in [1.54, 1.807) is 4.57 Å². The van der Waals surface area contributed by atoms with Gasteiger partial charge in [0, 0.05) is 13.0 Å². The van der Waals surface area contributed by atoms with Gasteiger partial charge in [-0.15, -0.1) is 0 Å². The van der Waals surface area contributed by atoms with E-state index in [-0.39, 0.29) is 17.5 Å². The van der Waals surface area contributed by atoms with Crippen molar-refractivity contribution in [2.24, 2.45) is 5.73 Å². The molecular weight excluding hydrogens is 201 g/mol. The number of carbonyl (C=O) groups is 1. The van der Waals surface area contributed by atoms with Crippen LogP contribution in [0, 0.1) is 0 Å². The van der Waals surface area contributed by atoms with Crippen molar-refractivity contribution < 1.29 is 4.79 Å². The van der Waals surface area contributed by atoms with Crippen molar-refractivity contribution in [1.29, 1.82) is 0 Å². The minimum Gasteiger partial charge on any atom is -0.370 e. The number of primary amides is 1. The average Bonchev–Trinajstić information content (AvgIpc) is 2.30. The number of nitrogens with two attached hydrogens (primary N) is 1. The third kappa shape index (κ3) is 2.12. The fourth-order valence-corrected chi connectivity index (χ4v) is 1.06. The highest BCUT2D eigenvalue weighted by Gasteiger charge is 2.05. The molecule has 1 rings (SSSR count). The van der Waals surface area contributed by atoms with Gasteiger partial charge < -0.3 is 10.3 Å². The molecular formula is C6H7Cl2N3O. The molecule has 0 atom stereocenters. The molecule has 0 unspecified atom stereocenters. The average molecular weight is 208 g/mol. The van der Waals surface area contributed by atoms with Gasteiger partial charge in [-0.3, -0.25) is 4.79 Å². The summed E-state index contributed by atoms with van der Waals surface area (Å²) in [5.41, 5.74) is 4.95. The summed E-state index contributed by atoms with van der Waals surface area (Å²) >= 11 is 11.3. The molecule has 0 radical (unpaired) electrons. The van der Waals surface area contributed by atoms with Crippen molar-refractivity contribution in [3.63, 3.8) is 0 Å². The Morgan fingerprint density at radius 2 is 2.33 bits per heavy atom. The molecule has 0 bridgehead atoms. The minimum absolute atomic E-state index is 0.229. The van der Waals surface area contributed by atoms with Crippen molar-refractivity contribution >= 4 is 29.1 Å². The normalized spacial score (nSPS) is 10.2. The van der Waals surface area contributed by atoms with Crippen molar-refractivity contribution in [2.45, 2.75) is 13.0 Å². The van der Waals surface area contributed by atoms with Gasteiger partial charge in [0.05, 0.1) is 6.33 Å².